The van der Waals surface area contributed by atoms with E-state index in [1.54, 1.807) is 0 Å². The van der Waals surface area contributed by atoms with Crippen LogP contribution in [0.2, 0.25) is 0 Å². The molecule has 0 unspecified atom stereocenters. The van der Waals surface area contributed by atoms with E-state index in [1.807, 2.05) is 11.8 Å². The molecule has 0 saturated heterocycles. The summed E-state index contributed by atoms with van der Waals surface area (Å²) in [5.74, 6) is 2.54. The number of thioether (sulfide) groups is 1. The van der Waals surface area contributed by atoms with Gasteiger partial charge in [-0.15, -0.1) is 0 Å². The molecule has 0 spiro atoms. The van der Waals surface area contributed by atoms with Gasteiger partial charge >= 0.3 is 0 Å². The minimum absolute atomic E-state index is 0.861. The molecule has 0 aliphatic carbocycles. The SMILES string of the molecule is CCCCOCCNCCSCCCC. The summed E-state index contributed by atoms with van der Waals surface area (Å²) in [5.41, 5.74) is 0. The van der Waals surface area contributed by atoms with E-state index in [0.717, 1.165) is 26.3 Å². The van der Waals surface area contributed by atoms with Gasteiger partial charge in [-0.05, 0) is 18.6 Å². The molecule has 0 saturated carbocycles. The lowest BCUT2D eigenvalue weighted by Gasteiger charge is -2.05. The van der Waals surface area contributed by atoms with Crippen molar-refractivity contribution in [1.29, 1.82) is 0 Å². The van der Waals surface area contributed by atoms with Gasteiger partial charge in [0, 0.05) is 25.4 Å². The van der Waals surface area contributed by atoms with Crippen LogP contribution in [0, 0.1) is 0 Å². The van der Waals surface area contributed by atoms with Gasteiger partial charge in [0.05, 0.1) is 6.61 Å². The van der Waals surface area contributed by atoms with Gasteiger partial charge in [-0.1, -0.05) is 26.7 Å². The minimum atomic E-state index is 0.861. The first-order chi connectivity index (χ1) is 7.41. The quantitative estimate of drug-likeness (QED) is 0.524. The van der Waals surface area contributed by atoms with Crippen molar-refractivity contribution in [3.05, 3.63) is 0 Å². The van der Waals surface area contributed by atoms with E-state index in [9.17, 15) is 0 Å². The molecule has 0 bridgehead atoms. The lowest BCUT2D eigenvalue weighted by atomic mass is 10.4. The smallest absolute Gasteiger partial charge is 0.0590 e. The molecule has 0 aromatic rings. The van der Waals surface area contributed by atoms with E-state index in [1.165, 1.54) is 37.2 Å². The first-order valence-electron chi connectivity index (χ1n) is 6.28. The Morgan fingerprint density at radius 2 is 1.73 bits per heavy atom. The van der Waals surface area contributed by atoms with Crippen LogP contribution < -0.4 is 5.32 Å². The van der Waals surface area contributed by atoms with E-state index in [0.29, 0.717) is 0 Å². The minimum Gasteiger partial charge on any atom is -0.380 e. The van der Waals surface area contributed by atoms with Crippen LogP contribution in [0.15, 0.2) is 0 Å². The Labute approximate surface area is 99.5 Å². The van der Waals surface area contributed by atoms with Crippen molar-refractivity contribution in [2.24, 2.45) is 0 Å². The van der Waals surface area contributed by atoms with Gasteiger partial charge in [0.15, 0.2) is 0 Å². The summed E-state index contributed by atoms with van der Waals surface area (Å²) in [6.07, 6.45) is 5.07. The Hall–Kier alpha value is 0.270. The van der Waals surface area contributed by atoms with Gasteiger partial charge in [0.25, 0.3) is 0 Å². The molecule has 0 aromatic heterocycles. The van der Waals surface area contributed by atoms with Gasteiger partial charge in [0.1, 0.15) is 0 Å². The molecule has 0 fully saturated rings. The van der Waals surface area contributed by atoms with Crippen LogP contribution in [-0.2, 0) is 4.74 Å². The summed E-state index contributed by atoms with van der Waals surface area (Å²) in [4.78, 5) is 0. The lowest BCUT2D eigenvalue weighted by Crippen LogP contribution is -2.22. The molecular formula is C12H27NOS. The second-order valence-corrected chi connectivity index (χ2v) is 4.91. The Bertz CT molecular complexity index is 99.8. The van der Waals surface area contributed by atoms with E-state index >= 15 is 0 Å². The molecule has 0 aromatic carbocycles. The molecule has 92 valence electrons. The Balaban J connectivity index is 2.81. The molecule has 0 rings (SSSR count). The van der Waals surface area contributed by atoms with Crippen molar-refractivity contribution < 1.29 is 4.74 Å². The van der Waals surface area contributed by atoms with Gasteiger partial charge in [0.2, 0.25) is 0 Å². The summed E-state index contributed by atoms with van der Waals surface area (Å²) in [7, 11) is 0. The summed E-state index contributed by atoms with van der Waals surface area (Å²) in [5, 5.41) is 3.39. The van der Waals surface area contributed by atoms with Crippen LogP contribution in [0.4, 0.5) is 0 Å². The lowest BCUT2D eigenvalue weighted by molar-refractivity contribution is 0.133. The van der Waals surface area contributed by atoms with Crippen LogP contribution in [0.1, 0.15) is 39.5 Å². The summed E-state index contributed by atoms with van der Waals surface area (Å²) in [6.45, 7) is 8.33. The Morgan fingerprint density at radius 3 is 2.47 bits per heavy atom. The Morgan fingerprint density at radius 1 is 0.933 bits per heavy atom. The molecule has 15 heavy (non-hydrogen) atoms. The monoisotopic (exact) mass is 233 g/mol. The zero-order chi connectivity index (χ0) is 11.2. The number of nitrogens with one attached hydrogen (secondary N) is 1. The number of rotatable bonds is 12. The summed E-state index contributed by atoms with van der Waals surface area (Å²) >= 11 is 2.05. The molecule has 0 aliphatic rings. The first-order valence-corrected chi connectivity index (χ1v) is 7.43. The van der Waals surface area contributed by atoms with Crippen LogP contribution in [0.25, 0.3) is 0 Å². The zero-order valence-electron chi connectivity index (χ0n) is 10.4. The summed E-state index contributed by atoms with van der Waals surface area (Å²) < 4.78 is 5.45. The van der Waals surface area contributed by atoms with Crippen molar-refractivity contribution in [2.75, 3.05) is 37.8 Å². The highest BCUT2D eigenvalue weighted by atomic mass is 32.2. The average molecular weight is 233 g/mol. The second kappa shape index (κ2) is 14.3. The standard InChI is InChI=1S/C12H27NOS/c1-3-5-9-14-10-7-13-8-12-15-11-6-4-2/h13H,3-12H2,1-2H3. The van der Waals surface area contributed by atoms with E-state index < -0.39 is 0 Å². The van der Waals surface area contributed by atoms with E-state index in [-0.39, 0.29) is 0 Å². The first kappa shape index (κ1) is 15.3. The molecule has 0 amide bonds. The van der Waals surface area contributed by atoms with Crippen LogP contribution in [-0.4, -0.2) is 37.8 Å². The average Bonchev–Trinajstić information content (AvgIpc) is 2.26. The van der Waals surface area contributed by atoms with E-state index in [2.05, 4.69) is 19.2 Å². The van der Waals surface area contributed by atoms with Crippen molar-refractivity contribution in [3.63, 3.8) is 0 Å². The number of ether oxygens (including phenoxy) is 1. The molecule has 0 atom stereocenters. The van der Waals surface area contributed by atoms with Gasteiger partial charge < -0.3 is 10.1 Å². The zero-order valence-corrected chi connectivity index (χ0v) is 11.2. The highest BCUT2D eigenvalue weighted by Crippen LogP contribution is 2.02. The van der Waals surface area contributed by atoms with Crippen LogP contribution >= 0.6 is 11.8 Å². The van der Waals surface area contributed by atoms with Gasteiger partial charge in [-0.25, -0.2) is 0 Å². The van der Waals surface area contributed by atoms with E-state index in [4.69, 9.17) is 4.74 Å². The number of hydrogen-bond acceptors (Lipinski definition) is 3. The van der Waals surface area contributed by atoms with Crippen molar-refractivity contribution in [2.45, 2.75) is 39.5 Å². The number of unbranched alkanes of at least 4 members (excludes halogenated alkanes) is 2. The molecular weight excluding hydrogens is 206 g/mol. The highest BCUT2D eigenvalue weighted by molar-refractivity contribution is 7.99. The maximum Gasteiger partial charge on any atom is 0.0590 e. The topological polar surface area (TPSA) is 21.3 Å². The third-order valence-corrected chi connectivity index (χ3v) is 3.20. The van der Waals surface area contributed by atoms with Crippen LogP contribution in [0.3, 0.4) is 0 Å². The maximum atomic E-state index is 5.45. The van der Waals surface area contributed by atoms with Gasteiger partial charge in [-0.2, -0.15) is 11.8 Å². The molecule has 2 nitrogen and oxygen atoms in total. The fourth-order valence-electron chi connectivity index (χ4n) is 1.11. The summed E-state index contributed by atoms with van der Waals surface area (Å²) in [6, 6.07) is 0. The fourth-order valence-corrected chi connectivity index (χ4v) is 2.10. The Kier molecular flexibility index (Phi) is 14.5. The predicted octanol–water partition coefficient (Wildman–Crippen LogP) is 2.93. The third kappa shape index (κ3) is 14.3. The number of hydrogen-bond donors (Lipinski definition) is 1. The molecule has 3 heteroatoms. The normalized spacial score (nSPS) is 10.8. The molecule has 0 heterocycles. The third-order valence-electron chi connectivity index (χ3n) is 2.13. The molecule has 0 aliphatic heterocycles. The molecule has 1 N–H and O–H groups in total. The predicted molar refractivity (Wildman–Crippen MR) is 70.8 cm³/mol. The van der Waals surface area contributed by atoms with Crippen molar-refractivity contribution >= 4 is 11.8 Å². The van der Waals surface area contributed by atoms with Crippen molar-refractivity contribution in [3.8, 4) is 0 Å². The largest absolute Gasteiger partial charge is 0.380 e. The van der Waals surface area contributed by atoms with Crippen LogP contribution in [0.5, 0.6) is 0 Å². The molecule has 0 radical (unpaired) electrons. The maximum absolute atomic E-state index is 5.45. The van der Waals surface area contributed by atoms with Gasteiger partial charge in [-0.3, -0.25) is 0 Å². The fraction of sp³-hybridized carbons (Fsp3) is 1.00. The highest BCUT2D eigenvalue weighted by Gasteiger charge is 1.90. The van der Waals surface area contributed by atoms with Crippen molar-refractivity contribution in [1.82, 2.24) is 5.32 Å². The second-order valence-electron chi connectivity index (χ2n) is 3.68.